The van der Waals surface area contributed by atoms with Crippen molar-refractivity contribution in [2.24, 2.45) is 5.92 Å². The molecule has 0 bridgehead atoms. The number of benzene rings is 1. The van der Waals surface area contributed by atoms with Gasteiger partial charge in [0.1, 0.15) is 5.82 Å². The van der Waals surface area contributed by atoms with Gasteiger partial charge in [0.25, 0.3) is 0 Å². The van der Waals surface area contributed by atoms with Crippen LogP contribution in [0.4, 0.5) is 9.18 Å². The zero-order valence-electron chi connectivity index (χ0n) is 10.6. The summed E-state index contributed by atoms with van der Waals surface area (Å²) < 4.78 is 13.2. The standard InChI is InChI=1S/C13H17FN2O3/c1-9(12(17)18)6-7-15-13(19)16-8-10-4-2-3-5-11(10)14/h2-5,9H,6-8H2,1H3,(H,17,18)(H2,15,16,19). The maximum atomic E-state index is 13.2. The molecule has 19 heavy (non-hydrogen) atoms. The van der Waals surface area contributed by atoms with E-state index >= 15 is 0 Å². The molecule has 0 spiro atoms. The molecule has 1 unspecified atom stereocenters. The van der Waals surface area contributed by atoms with Gasteiger partial charge in [0.2, 0.25) is 0 Å². The highest BCUT2D eigenvalue weighted by Gasteiger charge is 2.10. The fraction of sp³-hybridized carbons (Fsp3) is 0.385. The Morgan fingerprint density at radius 1 is 1.32 bits per heavy atom. The molecule has 0 saturated carbocycles. The highest BCUT2D eigenvalue weighted by Crippen LogP contribution is 2.05. The number of halogens is 1. The van der Waals surface area contributed by atoms with E-state index in [2.05, 4.69) is 10.6 Å². The van der Waals surface area contributed by atoms with Crippen molar-refractivity contribution < 1.29 is 19.1 Å². The fourth-order valence-electron chi connectivity index (χ4n) is 1.41. The number of amides is 2. The third-order valence-electron chi connectivity index (χ3n) is 2.68. The molecule has 1 aromatic rings. The lowest BCUT2D eigenvalue weighted by molar-refractivity contribution is -0.141. The Balaban J connectivity index is 2.25. The number of aliphatic carboxylic acids is 1. The highest BCUT2D eigenvalue weighted by atomic mass is 19.1. The molecule has 2 amide bonds. The Morgan fingerprint density at radius 3 is 2.63 bits per heavy atom. The lowest BCUT2D eigenvalue weighted by Gasteiger charge is -2.09. The molecule has 104 valence electrons. The van der Waals surface area contributed by atoms with E-state index in [9.17, 15) is 14.0 Å². The van der Waals surface area contributed by atoms with Crippen LogP contribution < -0.4 is 10.6 Å². The van der Waals surface area contributed by atoms with Gasteiger partial charge in [0.15, 0.2) is 0 Å². The Kier molecular flexibility index (Phi) is 5.78. The van der Waals surface area contributed by atoms with Gasteiger partial charge >= 0.3 is 12.0 Å². The SMILES string of the molecule is CC(CCNC(=O)NCc1ccccc1F)C(=O)O. The van der Waals surface area contributed by atoms with Crippen LogP contribution in [-0.4, -0.2) is 23.7 Å². The summed E-state index contributed by atoms with van der Waals surface area (Å²) in [6.07, 6.45) is 0.350. The van der Waals surface area contributed by atoms with Gasteiger partial charge in [-0.15, -0.1) is 0 Å². The first kappa shape index (κ1) is 14.9. The van der Waals surface area contributed by atoms with Crippen LogP contribution in [0, 0.1) is 11.7 Å². The molecule has 6 heteroatoms. The topological polar surface area (TPSA) is 78.4 Å². The first-order valence-electron chi connectivity index (χ1n) is 5.98. The maximum Gasteiger partial charge on any atom is 0.315 e. The van der Waals surface area contributed by atoms with Crippen LogP contribution in [0.3, 0.4) is 0 Å². The Labute approximate surface area is 110 Å². The van der Waals surface area contributed by atoms with Gasteiger partial charge in [-0.2, -0.15) is 0 Å². The van der Waals surface area contributed by atoms with E-state index in [1.165, 1.54) is 6.07 Å². The summed E-state index contributed by atoms with van der Waals surface area (Å²) in [7, 11) is 0. The minimum Gasteiger partial charge on any atom is -0.481 e. The quantitative estimate of drug-likeness (QED) is 0.735. The minimum absolute atomic E-state index is 0.0903. The van der Waals surface area contributed by atoms with Gasteiger partial charge in [0.05, 0.1) is 5.92 Å². The Bertz CT molecular complexity index is 451. The number of carbonyl (C=O) groups is 2. The first-order chi connectivity index (χ1) is 9.00. The van der Waals surface area contributed by atoms with Crippen molar-refractivity contribution in [3.8, 4) is 0 Å². The smallest absolute Gasteiger partial charge is 0.315 e. The summed E-state index contributed by atoms with van der Waals surface area (Å²) in [6.45, 7) is 1.92. The van der Waals surface area contributed by atoms with E-state index in [1.54, 1.807) is 25.1 Å². The monoisotopic (exact) mass is 268 g/mol. The van der Waals surface area contributed by atoms with Crippen molar-refractivity contribution in [1.29, 1.82) is 0 Å². The van der Waals surface area contributed by atoms with Gasteiger partial charge in [-0.1, -0.05) is 25.1 Å². The first-order valence-corrected chi connectivity index (χ1v) is 5.98. The van der Waals surface area contributed by atoms with E-state index in [-0.39, 0.29) is 18.9 Å². The van der Waals surface area contributed by atoms with Crippen LogP contribution >= 0.6 is 0 Å². The van der Waals surface area contributed by atoms with Gasteiger partial charge < -0.3 is 15.7 Å². The second kappa shape index (κ2) is 7.35. The normalized spacial score (nSPS) is 11.7. The molecule has 3 N–H and O–H groups in total. The molecule has 0 aromatic heterocycles. The number of rotatable bonds is 6. The second-order valence-corrected chi connectivity index (χ2v) is 4.23. The molecule has 1 aromatic carbocycles. The molecule has 5 nitrogen and oxygen atoms in total. The number of hydrogen-bond donors (Lipinski definition) is 3. The Hall–Kier alpha value is -2.11. The summed E-state index contributed by atoms with van der Waals surface area (Å²) in [5.41, 5.74) is 0.400. The average Bonchev–Trinajstić information content (AvgIpc) is 2.37. The van der Waals surface area contributed by atoms with Gasteiger partial charge in [0, 0.05) is 18.7 Å². The number of hydrogen-bond acceptors (Lipinski definition) is 2. The highest BCUT2D eigenvalue weighted by molar-refractivity contribution is 5.74. The fourth-order valence-corrected chi connectivity index (χ4v) is 1.41. The van der Waals surface area contributed by atoms with Crippen LogP contribution in [0.25, 0.3) is 0 Å². The summed E-state index contributed by atoms with van der Waals surface area (Å²) >= 11 is 0. The van der Waals surface area contributed by atoms with Crippen molar-refractivity contribution in [1.82, 2.24) is 10.6 Å². The molecule has 0 radical (unpaired) electrons. The van der Waals surface area contributed by atoms with E-state index < -0.39 is 17.9 Å². The predicted octanol–water partition coefficient (Wildman–Crippen LogP) is 1.74. The molecule has 0 heterocycles. The van der Waals surface area contributed by atoms with Crippen molar-refractivity contribution >= 4 is 12.0 Å². The largest absolute Gasteiger partial charge is 0.481 e. The maximum absolute atomic E-state index is 13.2. The van der Waals surface area contributed by atoms with Crippen molar-refractivity contribution in [2.75, 3.05) is 6.54 Å². The molecular weight excluding hydrogens is 251 g/mol. The van der Waals surface area contributed by atoms with Gasteiger partial charge in [-0.25, -0.2) is 9.18 Å². The molecule has 0 aliphatic heterocycles. The number of carbonyl (C=O) groups excluding carboxylic acids is 1. The van der Waals surface area contributed by atoms with E-state index in [0.29, 0.717) is 12.0 Å². The zero-order valence-corrected chi connectivity index (χ0v) is 10.6. The Morgan fingerprint density at radius 2 is 2.00 bits per heavy atom. The van der Waals surface area contributed by atoms with Crippen LogP contribution in [-0.2, 0) is 11.3 Å². The lowest BCUT2D eigenvalue weighted by Crippen LogP contribution is -2.36. The van der Waals surface area contributed by atoms with Crippen LogP contribution in [0.5, 0.6) is 0 Å². The molecule has 0 aliphatic rings. The van der Waals surface area contributed by atoms with Crippen molar-refractivity contribution in [2.45, 2.75) is 19.9 Å². The van der Waals surface area contributed by atoms with Gasteiger partial charge in [-0.3, -0.25) is 4.79 Å². The molecule has 0 aliphatic carbocycles. The lowest BCUT2D eigenvalue weighted by atomic mass is 10.1. The van der Waals surface area contributed by atoms with E-state index in [1.807, 2.05) is 0 Å². The van der Waals surface area contributed by atoms with Crippen LogP contribution in [0.2, 0.25) is 0 Å². The van der Waals surface area contributed by atoms with E-state index in [4.69, 9.17) is 5.11 Å². The number of carboxylic acid groups (broad SMARTS) is 1. The third-order valence-corrected chi connectivity index (χ3v) is 2.68. The summed E-state index contributed by atoms with van der Waals surface area (Å²) in [4.78, 5) is 21.9. The molecule has 1 atom stereocenters. The van der Waals surface area contributed by atoms with Crippen molar-refractivity contribution in [3.05, 3.63) is 35.6 Å². The van der Waals surface area contributed by atoms with Crippen LogP contribution in [0.15, 0.2) is 24.3 Å². The minimum atomic E-state index is -0.895. The van der Waals surface area contributed by atoms with Crippen molar-refractivity contribution in [3.63, 3.8) is 0 Å². The summed E-state index contributed by atoms with van der Waals surface area (Å²) in [5.74, 6) is -1.78. The number of nitrogens with one attached hydrogen (secondary N) is 2. The van der Waals surface area contributed by atoms with E-state index in [0.717, 1.165) is 0 Å². The molecule has 0 saturated heterocycles. The zero-order chi connectivity index (χ0) is 14.3. The second-order valence-electron chi connectivity index (χ2n) is 4.23. The summed E-state index contributed by atoms with van der Waals surface area (Å²) in [5, 5.41) is 13.7. The number of carboxylic acids is 1. The third kappa shape index (κ3) is 5.37. The molecular formula is C13H17FN2O3. The van der Waals surface area contributed by atoms with Gasteiger partial charge in [-0.05, 0) is 12.5 Å². The predicted molar refractivity (Wildman–Crippen MR) is 68.1 cm³/mol. The average molecular weight is 268 g/mol. The molecule has 0 fully saturated rings. The van der Waals surface area contributed by atoms with Crippen LogP contribution in [0.1, 0.15) is 18.9 Å². The molecule has 1 rings (SSSR count). The number of urea groups is 1. The summed E-state index contributed by atoms with van der Waals surface area (Å²) in [6, 6.07) is 5.73.